The van der Waals surface area contributed by atoms with Crippen LogP contribution in [0.2, 0.25) is 0 Å². The molecule has 1 N–H and O–H groups in total. The van der Waals surface area contributed by atoms with Gasteiger partial charge in [0, 0.05) is 18.0 Å². The number of oxazole rings is 1. The van der Waals surface area contributed by atoms with Crippen LogP contribution in [-0.4, -0.2) is 14.4 Å². The molecule has 9 heteroatoms. The molecule has 0 aliphatic carbocycles. The van der Waals surface area contributed by atoms with Crippen LogP contribution < -0.4 is 5.76 Å². The monoisotopic (exact) mass is 399 g/mol. The summed E-state index contributed by atoms with van der Waals surface area (Å²) in [5.74, 6) is -0.568. The van der Waals surface area contributed by atoms with Crippen LogP contribution in [-0.2, 0) is 6.18 Å². The van der Waals surface area contributed by atoms with Crippen molar-refractivity contribution in [2.75, 3.05) is 0 Å². The van der Waals surface area contributed by atoms with E-state index in [0.717, 1.165) is 12.3 Å². The van der Waals surface area contributed by atoms with E-state index in [1.54, 1.807) is 18.2 Å². The number of aromatic nitrogens is 3. The SMILES string of the molecule is Br.O=c1[nH]c2ccc(-c3cn4cc(C(F)(F)F)ccc4n3)cc2o1. The highest BCUT2D eigenvalue weighted by Gasteiger charge is 2.30. The first-order valence-corrected chi connectivity index (χ1v) is 6.59. The van der Waals surface area contributed by atoms with Crippen molar-refractivity contribution in [1.82, 2.24) is 14.4 Å². The molecule has 1 aromatic carbocycles. The molecular weight excluding hydrogens is 391 g/mol. The summed E-state index contributed by atoms with van der Waals surface area (Å²) in [5, 5.41) is 0. The number of alkyl halides is 3. The Balaban J connectivity index is 0.00000169. The zero-order valence-electron chi connectivity index (χ0n) is 11.8. The van der Waals surface area contributed by atoms with Crippen LogP contribution in [0.25, 0.3) is 28.0 Å². The highest BCUT2D eigenvalue weighted by atomic mass is 79.9. The minimum absolute atomic E-state index is 0. The molecule has 0 saturated carbocycles. The topological polar surface area (TPSA) is 63.3 Å². The summed E-state index contributed by atoms with van der Waals surface area (Å²) in [7, 11) is 0. The molecule has 0 amide bonds. The molecule has 4 aromatic rings. The summed E-state index contributed by atoms with van der Waals surface area (Å²) >= 11 is 0. The molecule has 3 heterocycles. The van der Waals surface area contributed by atoms with Crippen LogP contribution in [0, 0.1) is 0 Å². The van der Waals surface area contributed by atoms with E-state index in [9.17, 15) is 18.0 Å². The lowest BCUT2D eigenvalue weighted by atomic mass is 10.1. The maximum absolute atomic E-state index is 12.7. The zero-order valence-corrected chi connectivity index (χ0v) is 13.5. The molecular formula is C15H9BrF3N3O2. The van der Waals surface area contributed by atoms with Gasteiger partial charge in [0.2, 0.25) is 0 Å². The van der Waals surface area contributed by atoms with Crippen molar-refractivity contribution in [1.29, 1.82) is 0 Å². The van der Waals surface area contributed by atoms with Crippen LogP contribution in [0.5, 0.6) is 0 Å². The molecule has 3 aromatic heterocycles. The summed E-state index contributed by atoms with van der Waals surface area (Å²) in [6.07, 6.45) is -1.93. The second-order valence-corrected chi connectivity index (χ2v) is 5.03. The van der Waals surface area contributed by atoms with Gasteiger partial charge in [-0.1, -0.05) is 6.07 Å². The maximum atomic E-state index is 12.7. The number of fused-ring (bicyclic) bond motifs is 2. The van der Waals surface area contributed by atoms with Gasteiger partial charge < -0.3 is 8.82 Å². The Morgan fingerprint density at radius 2 is 1.92 bits per heavy atom. The average Bonchev–Trinajstić information content (AvgIpc) is 3.06. The van der Waals surface area contributed by atoms with E-state index in [-0.39, 0.29) is 17.0 Å². The molecule has 0 atom stereocenters. The Morgan fingerprint density at radius 3 is 2.67 bits per heavy atom. The fraction of sp³-hybridized carbons (Fsp3) is 0.0667. The van der Waals surface area contributed by atoms with Crippen molar-refractivity contribution in [2.45, 2.75) is 6.18 Å². The first-order valence-electron chi connectivity index (χ1n) is 6.59. The summed E-state index contributed by atoms with van der Waals surface area (Å²) in [6, 6.07) is 7.27. The summed E-state index contributed by atoms with van der Waals surface area (Å²) in [6.45, 7) is 0. The fourth-order valence-corrected chi connectivity index (χ4v) is 2.40. The molecule has 0 bridgehead atoms. The lowest BCUT2D eigenvalue weighted by Crippen LogP contribution is -2.05. The number of nitrogens with one attached hydrogen (secondary N) is 1. The third-order valence-corrected chi connectivity index (χ3v) is 3.50. The predicted molar refractivity (Wildman–Crippen MR) is 86.3 cm³/mol. The van der Waals surface area contributed by atoms with Gasteiger partial charge in [-0.05, 0) is 24.3 Å². The van der Waals surface area contributed by atoms with Gasteiger partial charge in [0.15, 0.2) is 5.58 Å². The molecule has 5 nitrogen and oxygen atoms in total. The predicted octanol–water partition coefficient (Wildman–Crippen LogP) is 4.03. The van der Waals surface area contributed by atoms with Gasteiger partial charge in [0.25, 0.3) is 0 Å². The normalized spacial score (nSPS) is 11.8. The summed E-state index contributed by atoms with van der Waals surface area (Å²) in [4.78, 5) is 18.0. The Labute approximate surface area is 142 Å². The standard InChI is InChI=1S/C15H8F3N3O2.BrH/c16-15(17,18)9-2-4-13-19-11(7-21(13)6-9)8-1-3-10-12(5-8)23-14(22)20-10;/h1-7H,(H,20,22);1H. The molecule has 24 heavy (non-hydrogen) atoms. The van der Waals surface area contributed by atoms with E-state index in [0.29, 0.717) is 28.0 Å². The first-order chi connectivity index (χ1) is 10.9. The zero-order chi connectivity index (χ0) is 16.2. The summed E-state index contributed by atoms with van der Waals surface area (Å²) in [5.41, 5.74) is 1.67. The van der Waals surface area contributed by atoms with Gasteiger partial charge in [-0.3, -0.25) is 4.98 Å². The van der Waals surface area contributed by atoms with Gasteiger partial charge in [0.1, 0.15) is 5.65 Å². The lowest BCUT2D eigenvalue weighted by Gasteiger charge is -2.05. The first kappa shape index (κ1) is 16.3. The molecule has 0 saturated heterocycles. The van der Waals surface area contributed by atoms with Gasteiger partial charge in [-0.2, -0.15) is 13.2 Å². The van der Waals surface area contributed by atoms with E-state index in [4.69, 9.17) is 4.42 Å². The van der Waals surface area contributed by atoms with E-state index in [1.165, 1.54) is 16.7 Å². The van der Waals surface area contributed by atoms with Gasteiger partial charge in [-0.15, -0.1) is 17.0 Å². The molecule has 0 fully saturated rings. The van der Waals surface area contributed by atoms with E-state index in [2.05, 4.69) is 9.97 Å². The highest BCUT2D eigenvalue weighted by Crippen LogP contribution is 2.30. The smallest absolute Gasteiger partial charge is 0.408 e. The molecule has 4 rings (SSSR count). The van der Waals surface area contributed by atoms with Crippen molar-refractivity contribution in [3.05, 3.63) is 58.8 Å². The Morgan fingerprint density at radius 1 is 1.12 bits per heavy atom. The van der Waals surface area contributed by atoms with Crippen molar-refractivity contribution >= 4 is 33.7 Å². The number of aromatic amines is 1. The molecule has 0 unspecified atom stereocenters. The minimum atomic E-state index is -4.41. The van der Waals surface area contributed by atoms with Gasteiger partial charge >= 0.3 is 11.9 Å². The van der Waals surface area contributed by atoms with Crippen molar-refractivity contribution < 1.29 is 17.6 Å². The average molecular weight is 400 g/mol. The van der Waals surface area contributed by atoms with Crippen LogP contribution in [0.3, 0.4) is 0 Å². The number of pyridine rings is 1. The van der Waals surface area contributed by atoms with Gasteiger partial charge in [-0.25, -0.2) is 9.78 Å². The van der Waals surface area contributed by atoms with Crippen molar-refractivity contribution in [3.63, 3.8) is 0 Å². The van der Waals surface area contributed by atoms with Crippen LogP contribution in [0.4, 0.5) is 13.2 Å². The second kappa shape index (κ2) is 5.52. The Hall–Kier alpha value is -2.55. The quantitative estimate of drug-likeness (QED) is 0.525. The van der Waals surface area contributed by atoms with Crippen LogP contribution >= 0.6 is 17.0 Å². The van der Waals surface area contributed by atoms with E-state index >= 15 is 0 Å². The summed E-state index contributed by atoms with van der Waals surface area (Å²) < 4.78 is 44.5. The number of rotatable bonds is 1. The van der Waals surface area contributed by atoms with Crippen molar-refractivity contribution in [2.24, 2.45) is 0 Å². The van der Waals surface area contributed by atoms with E-state index in [1.807, 2.05) is 0 Å². The number of imidazole rings is 1. The lowest BCUT2D eigenvalue weighted by molar-refractivity contribution is -0.137. The van der Waals surface area contributed by atoms with E-state index < -0.39 is 17.5 Å². The molecule has 0 aliphatic rings. The Bertz CT molecular complexity index is 1090. The number of halogens is 4. The second-order valence-electron chi connectivity index (χ2n) is 5.03. The van der Waals surface area contributed by atoms with Gasteiger partial charge in [0.05, 0.1) is 16.8 Å². The number of hydrogen-bond donors (Lipinski definition) is 1. The van der Waals surface area contributed by atoms with Crippen molar-refractivity contribution in [3.8, 4) is 11.3 Å². The molecule has 0 aliphatic heterocycles. The molecule has 0 radical (unpaired) electrons. The van der Waals surface area contributed by atoms with Crippen LogP contribution in [0.15, 0.2) is 51.9 Å². The largest absolute Gasteiger partial charge is 0.417 e. The van der Waals surface area contributed by atoms with Crippen LogP contribution in [0.1, 0.15) is 5.56 Å². The number of nitrogens with zero attached hydrogens (tertiary/aromatic N) is 2. The number of hydrogen-bond acceptors (Lipinski definition) is 3. The molecule has 124 valence electrons. The third kappa shape index (κ3) is 2.71. The third-order valence-electron chi connectivity index (χ3n) is 3.50. The molecule has 0 spiro atoms. The minimum Gasteiger partial charge on any atom is -0.408 e. The maximum Gasteiger partial charge on any atom is 0.417 e. The fourth-order valence-electron chi connectivity index (χ4n) is 2.40. The number of H-pyrrole nitrogens is 1. The Kier molecular flexibility index (Phi) is 3.75. The number of benzene rings is 1. The highest BCUT2D eigenvalue weighted by molar-refractivity contribution is 8.93.